The lowest BCUT2D eigenvalue weighted by atomic mass is 9.84. The molecule has 3 amide bonds. The highest BCUT2D eigenvalue weighted by Gasteiger charge is 2.44. The summed E-state index contributed by atoms with van der Waals surface area (Å²) in [5.74, 6) is -0.700. The number of nitrogens with one attached hydrogen (secondary N) is 2. The molecule has 5 rings (SSSR count). The van der Waals surface area contributed by atoms with Gasteiger partial charge in [0.15, 0.2) is 0 Å². The fourth-order valence-electron chi connectivity index (χ4n) is 6.00. The number of amides is 3. The summed E-state index contributed by atoms with van der Waals surface area (Å²) in [5.41, 5.74) is 3.25. The summed E-state index contributed by atoms with van der Waals surface area (Å²) in [7, 11) is 0. The average molecular weight is 411 g/mol. The van der Waals surface area contributed by atoms with E-state index in [-0.39, 0.29) is 24.1 Å². The minimum atomic E-state index is -0.559. The molecule has 7 nitrogen and oxygen atoms in total. The number of benzene rings is 1. The van der Waals surface area contributed by atoms with Gasteiger partial charge in [-0.15, -0.1) is 0 Å². The van der Waals surface area contributed by atoms with Crippen LogP contribution in [0.2, 0.25) is 0 Å². The number of carbonyl (C=O) groups excluding carboxylic acids is 3. The summed E-state index contributed by atoms with van der Waals surface area (Å²) in [6, 6.07) is 5.97. The summed E-state index contributed by atoms with van der Waals surface area (Å²) < 4.78 is 0. The number of fused-ring (bicyclic) bond motifs is 2. The van der Waals surface area contributed by atoms with Gasteiger partial charge in [0.2, 0.25) is 11.8 Å². The molecule has 3 heterocycles. The minimum absolute atomic E-state index is 0.0930. The zero-order valence-corrected chi connectivity index (χ0v) is 17.6. The molecule has 1 aromatic rings. The van der Waals surface area contributed by atoms with E-state index >= 15 is 0 Å². The molecule has 1 aromatic carbocycles. The molecule has 0 bridgehead atoms. The van der Waals surface area contributed by atoms with Crippen molar-refractivity contribution in [3.05, 3.63) is 34.9 Å². The van der Waals surface area contributed by atoms with Gasteiger partial charge in [0.1, 0.15) is 6.04 Å². The Kier molecular flexibility index (Phi) is 4.90. The predicted octanol–water partition coefficient (Wildman–Crippen LogP) is 1.41. The summed E-state index contributed by atoms with van der Waals surface area (Å²) in [5, 5.41) is 6.00. The third-order valence-corrected chi connectivity index (χ3v) is 7.63. The van der Waals surface area contributed by atoms with E-state index in [9.17, 15) is 14.4 Å². The van der Waals surface area contributed by atoms with Gasteiger partial charge < -0.3 is 10.2 Å². The maximum absolute atomic E-state index is 13.1. The molecule has 1 aliphatic carbocycles. The van der Waals surface area contributed by atoms with Crippen molar-refractivity contribution in [1.29, 1.82) is 0 Å². The van der Waals surface area contributed by atoms with E-state index in [1.165, 1.54) is 24.8 Å². The molecule has 2 saturated heterocycles. The standard InChI is InChI=1S/C23H30N4O3/c1-23-9-3-6-19(23)26(11-10-24-14-23)12-15-4-2-5-16-17(15)13-27(22(16)30)18-7-8-20(28)25-21(18)29/h2,4-5,18-19,24H,3,6-14H2,1H3,(H,25,28,29)/t18?,19-,23+/m1/s1. The molecule has 1 unspecified atom stereocenters. The molecule has 3 aliphatic heterocycles. The second-order valence-corrected chi connectivity index (χ2v) is 9.55. The van der Waals surface area contributed by atoms with Gasteiger partial charge in [0.05, 0.1) is 0 Å². The first-order valence-electron chi connectivity index (χ1n) is 11.2. The van der Waals surface area contributed by atoms with Crippen molar-refractivity contribution in [2.45, 2.75) is 64.2 Å². The van der Waals surface area contributed by atoms with Crippen LogP contribution < -0.4 is 10.6 Å². The molecule has 30 heavy (non-hydrogen) atoms. The number of carbonyl (C=O) groups is 3. The molecule has 160 valence electrons. The lowest BCUT2D eigenvalue weighted by Crippen LogP contribution is -2.52. The van der Waals surface area contributed by atoms with Crippen LogP contribution in [0, 0.1) is 5.41 Å². The van der Waals surface area contributed by atoms with Gasteiger partial charge in [-0.1, -0.05) is 25.5 Å². The van der Waals surface area contributed by atoms with Gasteiger partial charge in [-0.2, -0.15) is 0 Å². The zero-order chi connectivity index (χ0) is 20.9. The van der Waals surface area contributed by atoms with E-state index in [4.69, 9.17) is 0 Å². The largest absolute Gasteiger partial charge is 0.322 e. The second-order valence-electron chi connectivity index (χ2n) is 9.55. The highest BCUT2D eigenvalue weighted by Crippen LogP contribution is 2.42. The van der Waals surface area contributed by atoms with Gasteiger partial charge >= 0.3 is 0 Å². The molecule has 4 aliphatic rings. The first kappa shape index (κ1) is 19.7. The lowest BCUT2D eigenvalue weighted by Gasteiger charge is -2.37. The molecule has 0 aromatic heterocycles. The quantitative estimate of drug-likeness (QED) is 0.737. The van der Waals surface area contributed by atoms with Crippen molar-refractivity contribution in [1.82, 2.24) is 20.4 Å². The molecule has 2 N–H and O–H groups in total. The Balaban J connectivity index is 1.39. The van der Waals surface area contributed by atoms with Crippen LogP contribution in [0.5, 0.6) is 0 Å². The topological polar surface area (TPSA) is 81.8 Å². The normalized spacial score (nSPS) is 32.0. The maximum atomic E-state index is 13.1. The summed E-state index contributed by atoms with van der Waals surface area (Å²) >= 11 is 0. The number of hydrogen-bond donors (Lipinski definition) is 2. The van der Waals surface area contributed by atoms with E-state index in [2.05, 4.69) is 28.5 Å². The summed E-state index contributed by atoms with van der Waals surface area (Å²) in [4.78, 5) is 41.2. The van der Waals surface area contributed by atoms with Crippen LogP contribution in [0.3, 0.4) is 0 Å². The van der Waals surface area contributed by atoms with E-state index in [0.717, 1.165) is 31.7 Å². The molecule has 3 fully saturated rings. The third kappa shape index (κ3) is 3.24. The molecular formula is C23H30N4O3. The average Bonchev–Trinajstić information content (AvgIpc) is 3.21. The second kappa shape index (κ2) is 7.46. The van der Waals surface area contributed by atoms with E-state index < -0.39 is 6.04 Å². The third-order valence-electron chi connectivity index (χ3n) is 7.63. The van der Waals surface area contributed by atoms with Crippen molar-refractivity contribution < 1.29 is 14.4 Å². The monoisotopic (exact) mass is 410 g/mol. The molecular weight excluding hydrogens is 380 g/mol. The Morgan fingerprint density at radius 2 is 2.07 bits per heavy atom. The van der Waals surface area contributed by atoms with Crippen LogP contribution >= 0.6 is 0 Å². The molecule has 0 radical (unpaired) electrons. The van der Waals surface area contributed by atoms with Crippen LogP contribution in [0.1, 0.15) is 60.5 Å². The highest BCUT2D eigenvalue weighted by molar-refractivity contribution is 6.05. The fraction of sp³-hybridized carbons (Fsp3) is 0.609. The number of rotatable bonds is 3. The molecule has 0 spiro atoms. The smallest absolute Gasteiger partial charge is 0.255 e. The minimum Gasteiger partial charge on any atom is -0.322 e. The van der Waals surface area contributed by atoms with Gasteiger partial charge in [0.25, 0.3) is 5.91 Å². The van der Waals surface area contributed by atoms with E-state index in [1.54, 1.807) is 4.90 Å². The first-order chi connectivity index (χ1) is 14.5. The van der Waals surface area contributed by atoms with Gasteiger partial charge in [-0.05, 0) is 41.9 Å². The Bertz CT molecular complexity index is 900. The van der Waals surface area contributed by atoms with Crippen molar-refractivity contribution >= 4 is 17.7 Å². The molecule has 7 heteroatoms. The number of piperidine rings is 1. The fourth-order valence-corrected chi connectivity index (χ4v) is 6.00. The van der Waals surface area contributed by atoms with Crippen LogP contribution in [0.15, 0.2) is 18.2 Å². The number of hydrogen-bond acceptors (Lipinski definition) is 5. The van der Waals surface area contributed by atoms with Crippen LogP contribution in [0.25, 0.3) is 0 Å². The van der Waals surface area contributed by atoms with Crippen molar-refractivity contribution in [3.8, 4) is 0 Å². The van der Waals surface area contributed by atoms with Gasteiger partial charge in [-0.3, -0.25) is 24.6 Å². The first-order valence-corrected chi connectivity index (χ1v) is 11.2. The lowest BCUT2D eigenvalue weighted by molar-refractivity contribution is -0.136. The van der Waals surface area contributed by atoms with Gasteiger partial charge in [0, 0.05) is 50.7 Å². The maximum Gasteiger partial charge on any atom is 0.255 e. The van der Waals surface area contributed by atoms with Crippen LogP contribution in [0.4, 0.5) is 0 Å². The summed E-state index contributed by atoms with van der Waals surface area (Å²) in [6.07, 6.45) is 4.45. The Morgan fingerprint density at radius 1 is 1.20 bits per heavy atom. The molecule has 1 saturated carbocycles. The van der Waals surface area contributed by atoms with Crippen LogP contribution in [-0.2, 0) is 22.7 Å². The number of nitrogens with zero attached hydrogens (tertiary/aromatic N) is 2. The zero-order valence-electron chi connectivity index (χ0n) is 17.6. The Morgan fingerprint density at radius 3 is 2.90 bits per heavy atom. The van der Waals surface area contributed by atoms with Crippen molar-refractivity contribution in [2.75, 3.05) is 19.6 Å². The van der Waals surface area contributed by atoms with Crippen LogP contribution in [-0.4, -0.2) is 59.2 Å². The molecule has 3 atom stereocenters. The Hall–Kier alpha value is -2.25. The van der Waals surface area contributed by atoms with E-state index in [0.29, 0.717) is 30.0 Å². The van der Waals surface area contributed by atoms with Gasteiger partial charge in [-0.25, -0.2) is 0 Å². The SMILES string of the molecule is C[C@@]12CCC[C@H]1N(Cc1cccc3c1CN(C1CCC(=O)NC1=O)C3=O)CCNC2. The van der Waals surface area contributed by atoms with Crippen molar-refractivity contribution in [3.63, 3.8) is 0 Å². The summed E-state index contributed by atoms with van der Waals surface area (Å²) in [6.45, 7) is 6.76. The highest BCUT2D eigenvalue weighted by atomic mass is 16.2. The van der Waals surface area contributed by atoms with Crippen molar-refractivity contribution in [2.24, 2.45) is 5.41 Å². The van der Waals surface area contributed by atoms with E-state index in [1.807, 2.05) is 12.1 Å². The Labute approximate surface area is 177 Å². The predicted molar refractivity (Wildman–Crippen MR) is 112 cm³/mol. The number of imide groups is 1.